The van der Waals surface area contributed by atoms with Crippen LogP contribution in [0.1, 0.15) is 11.3 Å². The Morgan fingerprint density at radius 1 is 1.29 bits per heavy atom. The van der Waals surface area contributed by atoms with Gasteiger partial charge in [0.25, 0.3) is 5.56 Å². The third-order valence-electron chi connectivity index (χ3n) is 3.04. The number of H-pyrrole nitrogens is 1. The minimum Gasteiger partial charge on any atom is -0.311 e. The minimum atomic E-state index is 0.0252. The van der Waals surface area contributed by atoms with E-state index in [0.29, 0.717) is 0 Å². The Morgan fingerprint density at radius 3 is 2.94 bits per heavy atom. The number of rotatable bonds is 1. The maximum absolute atomic E-state index is 11.8. The largest absolute Gasteiger partial charge is 0.311 e. The van der Waals surface area contributed by atoms with Crippen LogP contribution in [0.2, 0.25) is 0 Å². The molecule has 4 nitrogen and oxygen atoms in total. The lowest BCUT2D eigenvalue weighted by Gasteiger charge is -2.15. The molecule has 17 heavy (non-hydrogen) atoms. The quantitative estimate of drug-likeness (QED) is 0.839. The fraction of sp³-hybridized carbons (Fsp3) is 0.250. The summed E-state index contributed by atoms with van der Waals surface area (Å²) in [6.07, 6.45) is 0.794. The van der Waals surface area contributed by atoms with E-state index in [2.05, 4.69) is 26.3 Å². The van der Waals surface area contributed by atoms with Crippen LogP contribution in [0, 0.1) is 0 Å². The zero-order chi connectivity index (χ0) is 11.8. The number of para-hydroxylation sites is 1. The van der Waals surface area contributed by atoms with Crippen molar-refractivity contribution in [3.05, 3.63) is 50.3 Å². The van der Waals surface area contributed by atoms with Gasteiger partial charge in [0.05, 0.1) is 11.4 Å². The van der Waals surface area contributed by atoms with E-state index in [9.17, 15) is 4.79 Å². The molecule has 0 aliphatic carbocycles. The second kappa shape index (κ2) is 4.16. The van der Waals surface area contributed by atoms with Crippen molar-refractivity contribution >= 4 is 15.9 Å². The van der Waals surface area contributed by atoms with Crippen LogP contribution in [-0.4, -0.2) is 16.3 Å². The van der Waals surface area contributed by atoms with Gasteiger partial charge in [-0.05, 0) is 41.0 Å². The van der Waals surface area contributed by atoms with Crippen LogP contribution in [0.15, 0.2) is 33.5 Å². The molecular formula is C12H12BrN3O. The molecule has 1 aliphatic rings. The second-order valence-corrected chi connectivity index (χ2v) is 4.93. The Bertz CT molecular complexity index is 614. The highest BCUT2D eigenvalue weighted by atomic mass is 79.9. The highest BCUT2D eigenvalue weighted by Gasteiger charge is 2.19. The number of nitrogens with one attached hydrogen (secondary N) is 2. The molecule has 0 unspecified atom stereocenters. The molecule has 1 aromatic heterocycles. The summed E-state index contributed by atoms with van der Waals surface area (Å²) in [5.74, 6) is 0. The van der Waals surface area contributed by atoms with Gasteiger partial charge in [-0.3, -0.25) is 14.6 Å². The zero-order valence-electron chi connectivity index (χ0n) is 9.16. The average molecular weight is 294 g/mol. The van der Waals surface area contributed by atoms with Gasteiger partial charge in [-0.25, -0.2) is 0 Å². The summed E-state index contributed by atoms with van der Waals surface area (Å²) in [6, 6.07) is 7.87. The van der Waals surface area contributed by atoms with E-state index in [0.717, 1.165) is 40.9 Å². The highest BCUT2D eigenvalue weighted by Crippen LogP contribution is 2.22. The molecule has 0 amide bonds. The van der Waals surface area contributed by atoms with Crippen molar-refractivity contribution < 1.29 is 0 Å². The number of aromatic amines is 1. The SMILES string of the molecule is O=c1[nH]n(-c2ccccc2Br)c2c1CCNC2. The Balaban J connectivity index is 2.22. The van der Waals surface area contributed by atoms with E-state index in [4.69, 9.17) is 0 Å². The summed E-state index contributed by atoms with van der Waals surface area (Å²) in [4.78, 5) is 11.8. The normalized spacial score (nSPS) is 14.6. The van der Waals surface area contributed by atoms with Gasteiger partial charge in [0.1, 0.15) is 0 Å². The molecule has 88 valence electrons. The zero-order valence-corrected chi connectivity index (χ0v) is 10.8. The summed E-state index contributed by atoms with van der Waals surface area (Å²) in [6.45, 7) is 1.60. The first-order valence-corrected chi connectivity index (χ1v) is 6.35. The summed E-state index contributed by atoms with van der Waals surface area (Å²) in [5.41, 5.74) is 2.93. The van der Waals surface area contributed by atoms with Gasteiger partial charge in [0, 0.05) is 16.6 Å². The highest BCUT2D eigenvalue weighted by molar-refractivity contribution is 9.10. The smallest absolute Gasteiger partial charge is 0.267 e. The third-order valence-corrected chi connectivity index (χ3v) is 3.71. The first kappa shape index (κ1) is 10.8. The van der Waals surface area contributed by atoms with Crippen LogP contribution in [0.4, 0.5) is 0 Å². The second-order valence-electron chi connectivity index (χ2n) is 4.08. The number of aromatic nitrogens is 2. The number of nitrogens with zero attached hydrogens (tertiary/aromatic N) is 1. The van der Waals surface area contributed by atoms with Crippen LogP contribution in [0.3, 0.4) is 0 Å². The van der Waals surface area contributed by atoms with Gasteiger partial charge in [-0.2, -0.15) is 0 Å². The molecule has 2 heterocycles. The Hall–Kier alpha value is -1.33. The molecule has 0 spiro atoms. The van der Waals surface area contributed by atoms with Gasteiger partial charge >= 0.3 is 0 Å². The number of fused-ring (bicyclic) bond motifs is 1. The van der Waals surface area contributed by atoms with E-state index in [1.165, 1.54) is 0 Å². The van der Waals surface area contributed by atoms with Crippen molar-refractivity contribution in [2.45, 2.75) is 13.0 Å². The molecular weight excluding hydrogens is 282 g/mol. The molecule has 0 saturated carbocycles. The van der Waals surface area contributed by atoms with Crippen LogP contribution in [-0.2, 0) is 13.0 Å². The van der Waals surface area contributed by atoms with Crippen LogP contribution >= 0.6 is 15.9 Å². The van der Waals surface area contributed by atoms with Crippen LogP contribution < -0.4 is 10.9 Å². The Kier molecular flexibility index (Phi) is 2.64. The summed E-state index contributed by atoms with van der Waals surface area (Å²) >= 11 is 3.51. The van der Waals surface area contributed by atoms with Crippen LogP contribution in [0.5, 0.6) is 0 Å². The lowest BCUT2D eigenvalue weighted by atomic mass is 10.1. The predicted octanol–water partition coefficient (Wildman–Crippen LogP) is 1.57. The van der Waals surface area contributed by atoms with Crippen molar-refractivity contribution in [1.29, 1.82) is 0 Å². The molecule has 0 fully saturated rings. The maximum atomic E-state index is 11.8. The number of benzene rings is 1. The molecule has 1 aliphatic heterocycles. The molecule has 3 rings (SSSR count). The molecule has 0 saturated heterocycles. The van der Waals surface area contributed by atoms with Gasteiger partial charge in [0.15, 0.2) is 0 Å². The van der Waals surface area contributed by atoms with Crippen LogP contribution in [0.25, 0.3) is 5.69 Å². The summed E-state index contributed by atoms with van der Waals surface area (Å²) in [5, 5.41) is 6.19. The van der Waals surface area contributed by atoms with Gasteiger partial charge < -0.3 is 5.32 Å². The van der Waals surface area contributed by atoms with Crippen molar-refractivity contribution in [2.24, 2.45) is 0 Å². The summed E-state index contributed by atoms with van der Waals surface area (Å²) < 4.78 is 2.84. The molecule has 2 N–H and O–H groups in total. The Morgan fingerprint density at radius 2 is 2.12 bits per heavy atom. The fourth-order valence-corrected chi connectivity index (χ4v) is 2.67. The lowest BCUT2D eigenvalue weighted by molar-refractivity contribution is 0.614. The number of hydrogen-bond donors (Lipinski definition) is 2. The number of hydrogen-bond acceptors (Lipinski definition) is 2. The number of halogens is 1. The fourth-order valence-electron chi connectivity index (χ4n) is 2.20. The predicted molar refractivity (Wildman–Crippen MR) is 69.5 cm³/mol. The average Bonchev–Trinajstić information content (AvgIpc) is 2.68. The topological polar surface area (TPSA) is 49.8 Å². The van der Waals surface area contributed by atoms with Crippen molar-refractivity contribution in [2.75, 3.05) is 6.54 Å². The van der Waals surface area contributed by atoms with Crippen molar-refractivity contribution in [3.8, 4) is 5.69 Å². The monoisotopic (exact) mass is 293 g/mol. The summed E-state index contributed by atoms with van der Waals surface area (Å²) in [7, 11) is 0. The molecule has 2 aromatic rings. The first-order valence-electron chi connectivity index (χ1n) is 5.56. The molecule has 1 aromatic carbocycles. The molecule has 0 atom stereocenters. The third kappa shape index (κ3) is 1.75. The van der Waals surface area contributed by atoms with Crippen molar-refractivity contribution in [1.82, 2.24) is 15.1 Å². The van der Waals surface area contributed by atoms with Crippen molar-refractivity contribution in [3.63, 3.8) is 0 Å². The van der Waals surface area contributed by atoms with E-state index < -0.39 is 0 Å². The standard InChI is InChI=1S/C12H12BrN3O/c13-9-3-1-2-4-10(9)16-11-7-14-6-5-8(11)12(17)15-16/h1-4,14H,5-7H2,(H,15,17). The van der Waals surface area contributed by atoms with E-state index >= 15 is 0 Å². The lowest BCUT2D eigenvalue weighted by Crippen LogP contribution is -2.26. The molecule has 0 bridgehead atoms. The van der Waals surface area contributed by atoms with E-state index in [-0.39, 0.29) is 5.56 Å². The van der Waals surface area contributed by atoms with E-state index in [1.54, 1.807) is 0 Å². The Labute approximate surface area is 107 Å². The van der Waals surface area contributed by atoms with Gasteiger partial charge in [-0.1, -0.05) is 12.1 Å². The first-order chi connectivity index (χ1) is 8.27. The molecule has 0 radical (unpaired) electrons. The maximum Gasteiger partial charge on any atom is 0.267 e. The molecule has 5 heteroatoms. The van der Waals surface area contributed by atoms with E-state index in [1.807, 2.05) is 28.9 Å². The van der Waals surface area contributed by atoms with Gasteiger partial charge in [-0.15, -0.1) is 0 Å². The minimum absolute atomic E-state index is 0.0252. The van der Waals surface area contributed by atoms with Gasteiger partial charge in [0.2, 0.25) is 0 Å².